The van der Waals surface area contributed by atoms with Crippen molar-refractivity contribution in [3.05, 3.63) is 58.3 Å². The monoisotopic (exact) mass is 315 g/mol. The first-order valence-electron chi connectivity index (χ1n) is 6.51. The molecule has 6 heteroatoms. The predicted octanol–water partition coefficient (Wildman–Crippen LogP) is 3.54. The summed E-state index contributed by atoms with van der Waals surface area (Å²) in [6.07, 6.45) is -5.44. The summed E-state index contributed by atoms with van der Waals surface area (Å²) in [7, 11) is 0. The lowest BCUT2D eigenvalue weighted by molar-refractivity contribution is -0.156. The average molecular weight is 315 g/mol. The summed E-state index contributed by atoms with van der Waals surface area (Å²) >= 11 is 1.40. The minimum atomic E-state index is -4.36. The van der Waals surface area contributed by atoms with E-state index >= 15 is 0 Å². The molecule has 0 aliphatic carbocycles. The predicted molar refractivity (Wildman–Crippen MR) is 77.3 cm³/mol. The summed E-state index contributed by atoms with van der Waals surface area (Å²) in [6.45, 7) is -0.131. The summed E-state index contributed by atoms with van der Waals surface area (Å²) in [5.74, 6) is 0. The summed E-state index contributed by atoms with van der Waals surface area (Å²) in [6, 6.07) is 8.54. The Labute approximate surface area is 125 Å². The maximum Gasteiger partial charge on any atom is 0.404 e. The third kappa shape index (κ3) is 4.84. The Morgan fingerprint density at radius 3 is 2.43 bits per heavy atom. The molecule has 2 nitrogen and oxygen atoms in total. The molecule has 2 aromatic rings. The number of aliphatic hydroxyl groups excluding tert-OH is 1. The summed E-state index contributed by atoms with van der Waals surface area (Å²) in [4.78, 5) is 0. The highest BCUT2D eigenvalue weighted by molar-refractivity contribution is 7.07. The topological polar surface area (TPSA) is 32.3 Å². The van der Waals surface area contributed by atoms with Gasteiger partial charge in [0.25, 0.3) is 0 Å². The third-order valence-corrected chi connectivity index (χ3v) is 3.86. The number of alkyl halides is 3. The molecule has 0 radical (unpaired) electrons. The van der Waals surface area contributed by atoms with Gasteiger partial charge in [0.2, 0.25) is 0 Å². The number of hydrogen-bond acceptors (Lipinski definition) is 3. The van der Waals surface area contributed by atoms with Crippen LogP contribution in [-0.4, -0.2) is 23.9 Å². The van der Waals surface area contributed by atoms with Crippen LogP contribution in [0.3, 0.4) is 0 Å². The Morgan fingerprint density at radius 1 is 1.14 bits per heavy atom. The molecule has 2 rings (SSSR count). The van der Waals surface area contributed by atoms with Crippen molar-refractivity contribution in [1.29, 1.82) is 0 Å². The minimum absolute atomic E-state index is 0.131. The molecule has 114 valence electrons. The standard InChI is InChI=1S/C15H16F3NOS/c16-15(17,18)14(8-11-4-2-1-3-5-11)19-9-13(20)12-6-7-21-10-12/h1-7,10,13-14,19-20H,8-9H2/t13-,14+/m1/s1. The van der Waals surface area contributed by atoms with Gasteiger partial charge in [0.15, 0.2) is 0 Å². The lowest BCUT2D eigenvalue weighted by Crippen LogP contribution is -2.45. The van der Waals surface area contributed by atoms with Gasteiger partial charge in [-0.25, -0.2) is 0 Å². The molecule has 0 fully saturated rings. The number of halogens is 3. The zero-order valence-electron chi connectivity index (χ0n) is 11.2. The molecule has 21 heavy (non-hydrogen) atoms. The van der Waals surface area contributed by atoms with E-state index in [0.29, 0.717) is 11.1 Å². The van der Waals surface area contributed by atoms with E-state index in [-0.39, 0.29) is 13.0 Å². The summed E-state index contributed by atoms with van der Waals surface area (Å²) in [5, 5.41) is 15.8. The fraction of sp³-hybridized carbons (Fsp3) is 0.333. The van der Waals surface area contributed by atoms with Crippen molar-refractivity contribution >= 4 is 11.3 Å². The Morgan fingerprint density at radius 2 is 1.86 bits per heavy atom. The molecule has 0 spiro atoms. The molecule has 0 aliphatic heterocycles. The highest BCUT2D eigenvalue weighted by Gasteiger charge is 2.39. The van der Waals surface area contributed by atoms with Gasteiger partial charge >= 0.3 is 6.18 Å². The Kier molecular flexibility index (Phi) is 5.39. The van der Waals surface area contributed by atoms with Gasteiger partial charge in [-0.15, -0.1) is 0 Å². The summed E-state index contributed by atoms with van der Waals surface area (Å²) < 4.78 is 39.2. The SMILES string of the molecule is O[C@H](CN[C@@H](Cc1ccccc1)C(F)(F)F)c1ccsc1. The van der Waals surface area contributed by atoms with Gasteiger partial charge in [-0.05, 0) is 34.4 Å². The lowest BCUT2D eigenvalue weighted by Gasteiger charge is -2.23. The van der Waals surface area contributed by atoms with E-state index in [1.165, 1.54) is 11.3 Å². The number of aliphatic hydroxyl groups is 1. The number of rotatable bonds is 6. The highest BCUT2D eigenvalue weighted by atomic mass is 32.1. The van der Waals surface area contributed by atoms with Crippen molar-refractivity contribution < 1.29 is 18.3 Å². The Hall–Kier alpha value is -1.37. The van der Waals surface area contributed by atoms with Crippen LogP contribution >= 0.6 is 11.3 Å². The molecule has 0 amide bonds. The van der Waals surface area contributed by atoms with Crippen molar-refractivity contribution in [1.82, 2.24) is 5.32 Å². The van der Waals surface area contributed by atoms with E-state index < -0.39 is 18.3 Å². The van der Waals surface area contributed by atoms with Gasteiger partial charge in [0.05, 0.1) is 6.10 Å². The van der Waals surface area contributed by atoms with Crippen molar-refractivity contribution in [3.8, 4) is 0 Å². The zero-order chi connectivity index (χ0) is 15.3. The molecule has 1 aromatic carbocycles. The van der Waals surface area contributed by atoms with Crippen molar-refractivity contribution in [2.75, 3.05) is 6.54 Å². The molecule has 0 aliphatic rings. The van der Waals surface area contributed by atoms with Crippen LogP contribution in [0.1, 0.15) is 17.2 Å². The maximum atomic E-state index is 13.1. The van der Waals surface area contributed by atoms with Crippen LogP contribution in [0, 0.1) is 0 Å². The molecule has 0 unspecified atom stereocenters. The van der Waals surface area contributed by atoms with Crippen LogP contribution in [0.25, 0.3) is 0 Å². The van der Waals surface area contributed by atoms with E-state index in [1.807, 2.05) is 0 Å². The van der Waals surface area contributed by atoms with Gasteiger partial charge in [0, 0.05) is 6.54 Å². The van der Waals surface area contributed by atoms with E-state index in [4.69, 9.17) is 0 Å². The van der Waals surface area contributed by atoms with Crippen molar-refractivity contribution in [3.63, 3.8) is 0 Å². The molecule has 0 saturated carbocycles. The number of benzene rings is 1. The van der Waals surface area contributed by atoms with E-state index in [1.54, 1.807) is 47.2 Å². The second-order valence-electron chi connectivity index (χ2n) is 4.76. The van der Waals surface area contributed by atoms with Crippen LogP contribution in [0.2, 0.25) is 0 Å². The molecule has 2 N–H and O–H groups in total. The van der Waals surface area contributed by atoms with E-state index in [2.05, 4.69) is 5.32 Å². The first-order chi connectivity index (χ1) is 9.97. The molecular weight excluding hydrogens is 299 g/mol. The van der Waals surface area contributed by atoms with Crippen LogP contribution in [-0.2, 0) is 6.42 Å². The van der Waals surface area contributed by atoms with E-state index in [0.717, 1.165) is 0 Å². The van der Waals surface area contributed by atoms with Crippen LogP contribution in [0.15, 0.2) is 47.2 Å². The molecule has 0 bridgehead atoms. The highest BCUT2D eigenvalue weighted by Crippen LogP contribution is 2.24. The first kappa shape index (κ1) is 16.0. The lowest BCUT2D eigenvalue weighted by atomic mass is 10.0. The normalized spacial score (nSPS) is 14.9. The van der Waals surface area contributed by atoms with Crippen LogP contribution in [0.5, 0.6) is 0 Å². The quantitative estimate of drug-likeness (QED) is 0.854. The van der Waals surface area contributed by atoms with Gasteiger partial charge in [-0.2, -0.15) is 24.5 Å². The second-order valence-corrected chi connectivity index (χ2v) is 5.54. The van der Waals surface area contributed by atoms with Gasteiger partial charge in [-0.3, -0.25) is 0 Å². The molecule has 1 heterocycles. The molecule has 0 saturated heterocycles. The number of thiophene rings is 1. The smallest absolute Gasteiger partial charge is 0.387 e. The molecular formula is C15H16F3NOS. The maximum absolute atomic E-state index is 13.1. The van der Waals surface area contributed by atoms with Gasteiger partial charge < -0.3 is 10.4 Å². The third-order valence-electron chi connectivity index (χ3n) is 3.16. The number of nitrogens with one attached hydrogen (secondary N) is 1. The Bertz CT molecular complexity index is 528. The molecule has 2 atom stereocenters. The largest absolute Gasteiger partial charge is 0.404 e. The Balaban J connectivity index is 1.97. The zero-order valence-corrected chi connectivity index (χ0v) is 12.0. The van der Waals surface area contributed by atoms with Gasteiger partial charge in [0.1, 0.15) is 6.04 Å². The second kappa shape index (κ2) is 7.06. The van der Waals surface area contributed by atoms with E-state index in [9.17, 15) is 18.3 Å². The van der Waals surface area contributed by atoms with Gasteiger partial charge in [-0.1, -0.05) is 30.3 Å². The van der Waals surface area contributed by atoms with Crippen molar-refractivity contribution in [2.45, 2.75) is 24.7 Å². The minimum Gasteiger partial charge on any atom is -0.387 e. The van der Waals surface area contributed by atoms with Crippen LogP contribution < -0.4 is 5.32 Å². The van der Waals surface area contributed by atoms with Crippen molar-refractivity contribution in [2.24, 2.45) is 0 Å². The van der Waals surface area contributed by atoms with Crippen LogP contribution in [0.4, 0.5) is 13.2 Å². The fourth-order valence-corrected chi connectivity index (χ4v) is 2.70. The fourth-order valence-electron chi connectivity index (χ4n) is 1.99. The summed E-state index contributed by atoms with van der Waals surface area (Å²) in [5.41, 5.74) is 1.24. The first-order valence-corrected chi connectivity index (χ1v) is 7.45. The number of hydrogen-bond donors (Lipinski definition) is 2. The molecule has 1 aromatic heterocycles. The average Bonchev–Trinajstić information content (AvgIpc) is 2.97.